The summed E-state index contributed by atoms with van der Waals surface area (Å²) in [4.78, 5) is 11.8. The summed E-state index contributed by atoms with van der Waals surface area (Å²) in [7, 11) is 0. The van der Waals surface area contributed by atoms with Crippen LogP contribution in [0.25, 0.3) is 0 Å². The number of halogens is 3. The van der Waals surface area contributed by atoms with Gasteiger partial charge in [-0.05, 0) is 32.0 Å². The summed E-state index contributed by atoms with van der Waals surface area (Å²) in [5.41, 5.74) is 0.981. The second-order valence-corrected chi connectivity index (χ2v) is 4.47. The maximum Gasteiger partial charge on any atom is 0.416 e. The molecule has 8 heteroatoms. The van der Waals surface area contributed by atoms with Crippen LogP contribution in [-0.2, 0) is 6.18 Å². The molecule has 2 aromatic rings. The maximum absolute atomic E-state index is 12.6. The monoisotopic (exact) mass is 298 g/mol. The summed E-state index contributed by atoms with van der Waals surface area (Å²) in [5.74, 6) is 0. The summed E-state index contributed by atoms with van der Waals surface area (Å²) < 4.78 is 37.7. The van der Waals surface area contributed by atoms with E-state index in [1.54, 1.807) is 13.8 Å². The molecule has 5 nitrogen and oxygen atoms in total. The lowest BCUT2D eigenvalue weighted by Gasteiger charge is -2.10. The molecule has 0 aliphatic carbocycles. The number of anilines is 2. The number of H-pyrrole nitrogens is 1. The third-order valence-corrected chi connectivity index (χ3v) is 2.81. The molecule has 2 amide bonds. The highest BCUT2D eigenvalue weighted by molar-refractivity contribution is 6.00. The Bertz CT molecular complexity index is 644. The van der Waals surface area contributed by atoms with Crippen LogP contribution in [0.15, 0.2) is 24.3 Å². The van der Waals surface area contributed by atoms with E-state index in [0.717, 1.165) is 12.1 Å². The van der Waals surface area contributed by atoms with E-state index in [-0.39, 0.29) is 5.69 Å². The SMILES string of the molecule is Cc1n[nH]c(C)c1NC(=O)Nc1cccc(C(F)(F)F)c1. The van der Waals surface area contributed by atoms with E-state index in [1.807, 2.05) is 0 Å². The van der Waals surface area contributed by atoms with Crippen LogP contribution in [0.1, 0.15) is 17.0 Å². The minimum Gasteiger partial charge on any atom is -0.308 e. The molecule has 2 rings (SSSR count). The zero-order chi connectivity index (χ0) is 15.6. The number of hydrogen-bond donors (Lipinski definition) is 3. The van der Waals surface area contributed by atoms with Crippen molar-refractivity contribution in [1.82, 2.24) is 10.2 Å². The minimum absolute atomic E-state index is 0.0566. The normalized spacial score (nSPS) is 11.3. The van der Waals surface area contributed by atoms with Gasteiger partial charge in [0.05, 0.1) is 22.6 Å². The number of nitrogens with zero attached hydrogens (tertiary/aromatic N) is 1. The Balaban J connectivity index is 2.10. The lowest BCUT2D eigenvalue weighted by molar-refractivity contribution is -0.137. The van der Waals surface area contributed by atoms with Crippen molar-refractivity contribution in [3.63, 3.8) is 0 Å². The summed E-state index contributed by atoms with van der Waals surface area (Å²) in [6.45, 7) is 3.42. The van der Waals surface area contributed by atoms with E-state index in [9.17, 15) is 18.0 Å². The Morgan fingerprint density at radius 1 is 1.24 bits per heavy atom. The van der Waals surface area contributed by atoms with Crippen LogP contribution >= 0.6 is 0 Å². The van der Waals surface area contributed by atoms with Gasteiger partial charge in [-0.2, -0.15) is 18.3 Å². The van der Waals surface area contributed by atoms with Gasteiger partial charge in [-0.3, -0.25) is 5.10 Å². The zero-order valence-corrected chi connectivity index (χ0v) is 11.3. The molecule has 0 fully saturated rings. The molecule has 0 atom stereocenters. The summed E-state index contributed by atoms with van der Waals surface area (Å²) >= 11 is 0. The summed E-state index contributed by atoms with van der Waals surface area (Å²) in [6.07, 6.45) is -4.45. The second kappa shape index (κ2) is 5.47. The van der Waals surface area contributed by atoms with Gasteiger partial charge in [-0.15, -0.1) is 0 Å². The fourth-order valence-corrected chi connectivity index (χ4v) is 1.78. The van der Waals surface area contributed by atoms with E-state index >= 15 is 0 Å². The van der Waals surface area contributed by atoms with E-state index < -0.39 is 17.8 Å². The maximum atomic E-state index is 12.6. The molecule has 0 aliphatic rings. The van der Waals surface area contributed by atoms with Crippen molar-refractivity contribution >= 4 is 17.4 Å². The van der Waals surface area contributed by atoms with Crippen molar-refractivity contribution in [2.75, 3.05) is 10.6 Å². The van der Waals surface area contributed by atoms with Crippen LogP contribution < -0.4 is 10.6 Å². The largest absolute Gasteiger partial charge is 0.416 e. The number of benzene rings is 1. The van der Waals surface area contributed by atoms with Gasteiger partial charge < -0.3 is 10.6 Å². The average Bonchev–Trinajstić information content (AvgIpc) is 2.70. The molecular weight excluding hydrogens is 285 g/mol. The Hall–Kier alpha value is -2.51. The smallest absolute Gasteiger partial charge is 0.308 e. The van der Waals surface area contributed by atoms with Gasteiger partial charge in [0.1, 0.15) is 0 Å². The first kappa shape index (κ1) is 14.9. The summed E-state index contributed by atoms with van der Waals surface area (Å²) in [6, 6.07) is 3.78. The van der Waals surface area contributed by atoms with Crippen LogP contribution in [-0.4, -0.2) is 16.2 Å². The van der Waals surface area contributed by atoms with E-state index in [2.05, 4.69) is 20.8 Å². The van der Waals surface area contributed by atoms with Crippen molar-refractivity contribution in [3.05, 3.63) is 41.2 Å². The highest BCUT2D eigenvalue weighted by Crippen LogP contribution is 2.30. The Morgan fingerprint density at radius 2 is 1.95 bits per heavy atom. The molecule has 1 heterocycles. The number of carbonyl (C=O) groups is 1. The van der Waals surface area contributed by atoms with Crippen LogP contribution in [0.4, 0.5) is 29.3 Å². The van der Waals surface area contributed by atoms with Crippen molar-refractivity contribution in [2.24, 2.45) is 0 Å². The molecular formula is C13H13F3N4O. The minimum atomic E-state index is -4.45. The molecule has 112 valence electrons. The number of amides is 2. The number of alkyl halides is 3. The number of aromatic amines is 1. The molecule has 3 N–H and O–H groups in total. The van der Waals surface area contributed by atoms with Crippen LogP contribution in [0.5, 0.6) is 0 Å². The highest BCUT2D eigenvalue weighted by Gasteiger charge is 2.30. The fraction of sp³-hybridized carbons (Fsp3) is 0.231. The highest BCUT2D eigenvalue weighted by atomic mass is 19.4. The van der Waals surface area contributed by atoms with Crippen molar-refractivity contribution < 1.29 is 18.0 Å². The first-order chi connectivity index (χ1) is 9.77. The van der Waals surface area contributed by atoms with Gasteiger partial charge in [-0.25, -0.2) is 4.79 Å². The van der Waals surface area contributed by atoms with E-state index in [4.69, 9.17) is 0 Å². The molecule has 0 saturated carbocycles. The quantitative estimate of drug-likeness (QED) is 0.791. The van der Waals surface area contributed by atoms with E-state index in [1.165, 1.54) is 12.1 Å². The molecule has 0 aliphatic heterocycles. The molecule has 1 aromatic carbocycles. The van der Waals surface area contributed by atoms with Gasteiger partial charge in [0, 0.05) is 5.69 Å². The molecule has 0 saturated heterocycles. The number of aryl methyl sites for hydroxylation is 2. The second-order valence-electron chi connectivity index (χ2n) is 4.47. The zero-order valence-electron chi connectivity index (χ0n) is 11.3. The molecule has 21 heavy (non-hydrogen) atoms. The number of nitrogens with one attached hydrogen (secondary N) is 3. The molecule has 0 radical (unpaired) electrons. The van der Waals surface area contributed by atoms with Gasteiger partial charge in [0.2, 0.25) is 0 Å². The molecule has 0 unspecified atom stereocenters. The first-order valence-corrected chi connectivity index (χ1v) is 6.04. The summed E-state index contributed by atoms with van der Waals surface area (Å²) in [5, 5.41) is 11.5. The lowest BCUT2D eigenvalue weighted by atomic mass is 10.2. The average molecular weight is 298 g/mol. The topological polar surface area (TPSA) is 69.8 Å². The van der Waals surface area contributed by atoms with Crippen molar-refractivity contribution in [1.29, 1.82) is 0 Å². The fourth-order valence-electron chi connectivity index (χ4n) is 1.78. The number of aromatic nitrogens is 2. The van der Waals surface area contributed by atoms with Gasteiger partial charge >= 0.3 is 12.2 Å². The number of carbonyl (C=O) groups excluding carboxylic acids is 1. The standard InChI is InChI=1S/C13H13F3N4O/c1-7-11(8(2)20-19-7)18-12(21)17-10-5-3-4-9(6-10)13(14,15)16/h3-6H,1-2H3,(H,19,20)(H2,17,18,21). The van der Waals surface area contributed by atoms with Crippen molar-refractivity contribution in [2.45, 2.75) is 20.0 Å². The third kappa shape index (κ3) is 3.53. The Kier molecular flexibility index (Phi) is 3.88. The van der Waals surface area contributed by atoms with Crippen LogP contribution in [0, 0.1) is 13.8 Å². The van der Waals surface area contributed by atoms with Gasteiger partial charge in [0.15, 0.2) is 0 Å². The first-order valence-electron chi connectivity index (χ1n) is 6.04. The molecule has 1 aromatic heterocycles. The van der Waals surface area contributed by atoms with E-state index in [0.29, 0.717) is 17.1 Å². The predicted octanol–water partition coefficient (Wildman–Crippen LogP) is 3.69. The molecule has 0 spiro atoms. The number of rotatable bonds is 2. The van der Waals surface area contributed by atoms with Gasteiger partial charge in [0.25, 0.3) is 0 Å². The lowest BCUT2D eigenvalue weighted by Crippen LogP contribution is -2.20. The van der Waals surface area contributed by atoms with Crippen LogP contribution in [0.3, 0.4) is 0 Å². The van der Waals surface area contributed by atoms with Gasteiger partial charge in [-0.1, -0.05) is 6.07 Å². The molecule has 0 bridgehead atoms. The third-order valence-electron chi connectivity index (χ3n) is 2.81. The van der Waals surface area contributed by atoms with Crippen molar-refractivity contribution in [3.8, 4) is 0 Å². The Labute approximate surface area is 118 Å². The number of urea groups is 1. The predicted molar refractivity (Wildman–Crippen MR) is 72.1 cm³/mol. The van der Waals surface area contributed by atoms with Crippen LogP contribution in [0.2, 0.25) is 0 Å². The number of hydrogen-bond acceptors (Lipinski definition) is 2. The Morgan fingerprint density at radius 3 is 2.52 bits per heavy atom.